The predicted octanol–water partition coefficient (Wildman–Crippen LogP) is 2.27. The summed E-state index contributed by atoms with van der Waals surface area (Å²) in [4.78, 5) is 2.38. The smallest absolute Gasteiger partial charge is 0.123 e. The predicted molar refractivity (Wildman–Crippen MR) is 75.0 cm³/mol. The summed E-state index contributed by atoms with van der Waals surface area (Å²) in [6, 6.07) is 8.92. The molecule has 1 fully saturated rings. The van der Waals surface area contributed by atoms with Crippen molar-refractivity contribution in [3.63, 3.8) is 0 Å². The zero-order valence-electron chi connectivity index (χ0n) is 11.5. The van der Waals surface area contributed by atoms with Gasteiger partial charge in [-0.3, -0.25) is 0 Å². The van der Waals surface area contributed by atoms with Crippen molar-refractivity contribution in [1.29, 1.82) is 0 Å². The molecular weight excluding hydrogens is 224 g/mol. The summed E-state index contributed by atoms with van der Waals surface area (Å²) < 4.78 is 5.39. The maximum atomic E-state index is 5.39. The molecule has 0 spiro atoms. The number of nitrogens with zero attached hydrogens (tertiary/aromatic N) is 1. The molecule has 100 valence electrons. The second-order valence-corrected chi connectivity index (χ2v) is 5.16. The Kier molecular flexibility index (Phi) is 5.02. The van der Waals surface area contributed by atoms with E-state index in [9.17, 15) is 0 Å². The van der Waals surface area contributed by atoms with Crippen LogP contribution in [0.4, 0.5) is 0 Å². The number of piperidine rings is 1. The van der Waals surface area contributed by atoms with E-state index in [0.29, 0.717) is 6.04 Å². The molecule has 1 N–H and O–H groups in total. The van der Waals surface area contributed by atoms with Crippen molar-refractivity contribution in [2.75, 3.05) is 27.2 Å². The SMILES string of the molecule is COc1ccccc1CN(C)CC1CCCCN1. The summed E-state index contributed by atoms with van der Waals surface area (Å²) in [6.45, 7) is 3.23. The number of rotatable bonds is 5. The van der Waals surface area contributed by atoms with E-state index in [0.717, 1.165) is 18.8 Å². The van der Waals surface area contributed by atoms with Crippen molar-refractivity contribution in [2.24, 2.45) is 0 Å². The average Bonchev–Trinajstić information content (AvgIpc) is 2.40. The van der Waals surface area contributed by atoms with Crippen LogP contribution in [-0.4, -0.2) is 38.2 Å². The van der Waals surface area contributed by atoms with Gasteiger partial charge in [-0.25, -0.2) is 0 Å². The van der Waals surface area contributed by atoms with Crippen molar-refractivity contribution in [3.8, 4) is 5.75 Å². The molecule has 1 heterocycles. The van der Waals surface area contributed by atoms with Gasteiger partial charge in [0.25, 0.3) is 0 Å². The van der Waals surface area contributed by atoms with Crippen LogP contribution >= 0.6 is 0 Å². The Morgan fingerprint density at radius 1 is 1.33 bits per heavy atom. The first-order valence-electron chi connectivity index (χ1n) is 6.83. The van der Waals surface area contributed by atoms with Crippen LogP contribution in [0.15, 0.2) is 24.3 Å². The first kappa shape index (κ1) is 13.4. The van der Waals surface area contributed by atoms with Crippen molar-refractivity contribution in [3.05, 3.63) is 29.8 Å². The van der Waals surface area contributed by atoms with Gasteiger partial charge in [-0.15, -0.1) is 0 Å². The molecule has 3 heteroatoms. The van der Waals surface area contributed by atoms with Crippen molar-refractivity contribution in [1.82, 2.24) is 10.2 Å². The molecular formula is C15H24N2O. The molecule has 1 aliphatic heterocycles. The standard InChI is InChI=1S/C15H24N2O/c1-17(12-14-8-5-6-10-16-14)11-13-7-3-4-9-15(13)18-2/h3-4,7,9,14,16H,5-6,8,10-12H2,1-2H3. The lowest BCUT2D eigenvalue weighted by Gasteiger charge is -2.28. The van der Waals surface area contributed by atoms with Gasteiger partial charge in [-0.05, 0) is 32.5 Å². The van der Waals surface area contributed by atoms with Crippen molar-refractivity contribution < 1.29 is 4.74 Å². The van der Waals surface area contributed by atoms with Gasteiger partial charge in [0, 0.05) is 24.7 Å². The van der Waals surface area contributed by atoms with E-state index in [4.69, 9.17) is 4.74 Å². The summed E-state index contributed by atoms with van der Waals surface area (Å²) >= 11 is 0. The number of methoxy groups -OCH3 is 1. The molecule has 0 radical (unpaired) electrons. The minimum absolute atomic E-state index is 0.651. The lowest BCUT2D eigenvalue weighted by molar-refractivity contribution is 0.253. The minimum atomic E-state index is 0.651. The zero-order chi connectivity index (χ0) is 12.8. The van der Waals surface area contributed by atoms with E-state index < -0.39 is 0 Å². The highest BCUT2D eigenvalue weighted by Gasteiger charge is 2.15. The van der Waals surface area contributed by atoms with E-state index in [-0.39, 0.29) is 0 Å². The second kappa shape index (κ2) is 6.76. The van der Waals surface area contributed by atoms with Crippen LogP contribution in [0.25, 0.3) is 0 Å². The highest BCUT2D eigenvalue weighted by atomic mass is 16.5. The van der Waals surface area contributed by atoms with Gasteiger partial charge in [-0.1, -0.05) is 24.6 Å². The third-order valence-electron chi connectivity index (χ3n) is 3.58. The summed E-state index contributed by atoms with van der Waals surface area (Å²) in [6.07, 6.45) is 3.99. The van der Waals surface area contributed by atoms with Gasteiger partial charge in [0.15, 0.2) is 0 Å². The van der Waals surface area contributed by atoms with Crippen LogP contribution in [0.2, 0.25) is 0 Å². The summed E-state index contributed by atoms with van der Waals surface area (Å²) in [7, 11) is 3.92. The fraction of sp³-hybridized carbons (Fsp3) is 0.600. The Labute approximate surface area is 110 Å². The van der Waals surface area contributed by atoms with E-state index >= 15 is 0 Å². The molecule has 0 aromatic heterocycles. The number of hydrogen-bond acceptors (Lipinski definition) is 3. The topological polar surface area (TPSA) is 24.5 Å². The Balaban J connectivity index is 1.87. The number of hydrogen-bond donors (Lipinski definition) is 1. The molecule has 0 amide bonds. The number of nitrogens with one attached hydrogen (secondary N) is 1. The summed E-state index contributed by atoms with van der Waals surface area (Å²) in [5.41, 5.74) is 1.26. The molecule has 1 aliphatic rings. The fourth-order valence-electron chi connectivity index (χ4n) is 2.64. The summed E-state index contributed by atoms with van der Waals surface area (Å²) in [5.74, 6) is 0.987. The van der Waals surface area contributed by atoms with Crippen LogP contribution < -0.4 is 10.1 Å². The van der Waals surface area contributed by atoms with Crippen LogP contribution in [0.3, 0.4) is 0 Å². The average molecular weight is 248 g/mol. The molecule has 18 heavy (non-hydrogen) atoms. The molecule has 3 nitrogen and oxygen atoms in total. The van der Waals surface area contributed by atoms with Crippen molar-refractivity contribution in [2.45, 2.75) is 31.8 Å². The van der Waals surface area contributed by atoms with Gasteiger partial charge in [-0.2, -0.15) is 0 Å². The van der Waals surface area contributed by atoms with E-state index in [1.54, 1.807) is 7.11 Å². The first-order valence-corrected chi connectivity index (χ1v) is 6.83. The Bertz CT molecular complexity index is 361. The Morgan fingerprint density at radius 2 is 2.17 bits per heavy atom. The third-order valence-corrected chi connectivity index (χ3v) is 3.58. The third kappa shape index (κ3) is 3.72. The number of ether oxygens (including phenoxy) is 1. The molecule has 1 unspecified atom stereocenters. The largest absolute Gasteiger partial charge is 0.496 e. The number of benzene rings is 1. The Hall–Kier alpha value is -1.06. The van der Waals surface area contributed by atoms with Gasteiger partial charge in [0.05, 0.1) is 7.11 Å². The molecule has 0 aliphatic carbocycles. The van der Waals surface area contributed by atoms with Gasteiger partial charge < -0.3 is 15.0 Å². The fourth-order valence-corrected chi connectivity index (χ4v) is 2.64. The minimum Gasteiger partial charge on any atom is -0.496 e. The number of para-hydroxylation sites is 1. The van der Waals surface area contributed by atoms with E-state index in [1.165, 1.54) is 31.4 Å². The van der Waals surface area contributed by atoms with Gasteiger partial charge in [0.1, 0.15) is 5.75 Å². The van der Waals surface area contributed by atoms with Gasteiger partial charge >= 0.3 is 0 Å². The normalized spacial score (nSPS) is 20.1. The lowest BCUT2D eigenvalue weighted by atomic mass is 10.0. The van der Waals surface area contributed by atoms with E-state index in [1.807, 2.05) is 12.1 Å². The monoisotopic (exact) mass is 248 g/mol. The molecule has 1 atom stereocenters. The maximum Gasteiger partial charge on any atom is 0.123 e. The quantitative estimate of drug-likeness (QED) is 0.865. The second-order valence-electron chi connectivity index (χ2n) is 5.16. The molecule has 0 saturated carbocycles. The highest BCUT2D eigenvalue weighted by molar-refractivity contribution is 5.33. The van der Waals surface area contributed by atoms with Crippen molar-refractivity contribution >= 4 is 0 Å². The first-order chi connectivity index (χ1) is 8.79. The molecule has 1 aromatic rings. The molecule has 1 aromatic carbocycles. The van der Waals surface area contributed by atoms with Crippen LogP contribution in [0.5, 0.6) is 5.75 Å². The zero-order valence-corrected chi connectivity index (χ0v) is 11.5. The molecule has 2 rings (SSSR count). The van der Waals surface area contributed by atoms with Crippen LogP contribution in [-0.2, 0) is 6.54 Å². The van der Waals surface area contributed by atoms with Gasteiger partial charge in [0.2, 0.25) is 0 Å². The molecule has 0 bridgehead atoms. The van der Waals surface area contributed by atoms with Crippen LogP contribution in [0, 0.1) is 0 Å². The number of likely N-dealkylation sites (N-methyl/N-ethyl adjacent to an activating group) is 1. The highest BCUT2D eigenvalue weighted by Crippen LogP contribution is 2.19. The maximum absolute atomic E-state index is 5.39. The Morgan fingerprint density at radius 3 is 2.89 bits per heavy atom. The summed E-state index contributed by atoms with van der Waals surface area (Å²) in [5, 5.41) is 3.59. The molecule has 1 saturated heterocycles. The lowest BCUT2D eigenvalue weighted by Crippen LogP contribution is -2.42. The van der Waals surface area contributed by atoms with Crippen LogP contribution in [0.1, 0.15) is 24.8 Å². The van der Waals surface area contributed by atoms with E-state index in [2.05, 4.69) is 29.4 Å².